The standard InChI is InChI=1S/C17H15ClN4O/c18-16-7-3-13(4-8-16)9-20-17(23)15-5-1-14(2-6-15)10-22-12-19-11-21-22/h1-8,11-12H,9-10H2,(H,20,23). The SMILES string of the molecule is O=C(NCc1ccc(Cl)cc1)c1ccc(Cn2cncn2)cc1. The molecule has 0 radical (unpaired) electrons. The van der Waals surface area contributed by atoms with Crippen molar-refractivity contribution in [3.63, 3.8) is 0 Å². The van der Waals surface area contributed by atoms with Crippen LogP contribution >= 0.6 is 11.6 Å². The molecule has 1 N–H and O–H groups in total. The normalized spacial score (nSPS) is 10.5. The Hall–Kier alpha value is -2.66. The Morgan fingerprint density at radius 3 is 2.39 bits per heavy atom. The second-order valence-electron chi connectivity index (χ2n) is 5.10. The molecule has 5 nitrogen and oxygen atoms in total. The quantitative estimate of drug-likeness (QED) is 0.784. The summed E-state index contributed by atoms with van der Waals surface area (Å²) < 4.78 is 1.73. The van der Waals surface area contributed by atoms with Gasteiger partial charge in [0.25, 0.3) is 5.91 Å². The number of halogens is 1. The van der Waals surface area contributed by atoms with Crippen LogP contribution in [0.1, 0.15) is 21.5 Å². The molecular weight excluding hydrogens is 312 g/mol. The lowest BCUT2D eigenvalue weighted by atomic mass is 10.1. The second kappa shape index (κ2) is 7.07. The van der Waals surface area contributed by atoms with Crippen molar-refractivity contribution >= 4 is 17.5 Å². The average Bonchev–Trinajstić information content (AvgIpc) is 3.08. The molecule has 0 spiro atoms. The Bertz CT molecular complexity index is 767. The van der Waals surface area contributed by atoms with Crippen molar-refractivity contribution < 1.29 is 4.79 Å². The molecule has 1 amide bonds. The van der Waals surface area contributed by atoms with Gasteiger partial charge >= 0.3 is 0 Å². The molecule has 0 aliphatic heterocycles. The molecule has 0 bridgehead atoms. The summed E-state index contributed by atoms with van der Waals surface area (Å²) in [6.45, 7) is 1.10. The molecule has 0 saturated carbocycles. The molecule has 0 saturated heterocycles. The molecule has 0 atom stereocenters. The number of carbonyl (C=O) groups is 1. The summed E-state index contributed by atoms with van der Waals surface area (Å²) in [5.41, 5.74) is 2.69. The predicted molar refractivity (Wildman–Crippen MR) is 88.2 cm³/mol. The van der Waals surface area contributed by atoms with Crippen LogP contribution in [-0.4, -0.2) is 20.7 Å². The van der Waals surface area contributed by atoms with E-state index in [0.29, 0.717) is 23.7 Å². The van der Waals surface area contributed by atoms with Crippen LogP contribution in [0.2, 0.25) is 5.02 Å². The highest BCUT2D eigenvalue weighted by Crippen LogP contribution is 2.10. The highest BCUT2D eigenvalue weighted by atomic mass is 35.5. The van der Waals surface area contributed by atoms with Crippen LogP contribution in [0.4, 0.5) is 0 Å². The number of amides is 1. The minimum Gasteiger partial charge on any atom is -0.348 e. The highest BCUT2D eigenvalue weighted by Gasteiger charge is 2.05. The maximum atomic E-state index is 12.1. The number of benzene rings is 2. The Labute approximate surface area is 138 Å². The number of nitrogens with zero attached hydrogens (tertiary/aromatic N) is 3. The largest absolute Gasteiger partial charge is 0.348 e. The van der Waals surface area contributed by atoms with Gasteiger partial charge in [0.1, 0.15) is 12.7 Å². The van der Waals surface area contributed by atoms with Gasteiger partial charge in [-0.2, -0.15) is 5.10 Å². The van der Waals surface area contributed by atoms with Crippen molar-refractivity contribution in [2.75, 3.05) is 0 Å². The number of hydrogen-bond acceptors (Lipinski definition) is 3. The average molecular weight is 327 g/mol. The molecule has 3 rings (SSSR count). The summed E-state index contributed by atoms with van der Waals surface area (Å²) >= 11 is 5.84. The van der Waals surface area contributed by atoms with Crippen molar-refractivity contribution in [1.29, 1.82) is 0 Å². The van der Waals surface area contributed by atoms with E-state index < -0.39 is 0 Å². The van der Waals surface area contributed by atoms with Crippen LogP contribution in [0, 0.1) is 0 Å². The molecule has 6 heteroatoms. The smallest absolute Gasteiger partial charge is 0.251 e. The van der Waals surface area contributed by atoms with Gasteiger partial charge in [-0.1, -0.05) is 35.9 Å². The second-order valence-corrected chi connectivity index (χ2v) is 5.54. The maximum absolute atomic E-state index is 12.1. The molecule has 0 aliphatic rings. The Morgan fingerprint density at radius 1 is 1.04 bits per heavy atom. The van der Waals surface area contributed by atoms with Crippen LogP contribution < -0.4 is 5.32 Å². The monoisotopic (exact) mass is 326 g/mol. The molecule has 0 aliphatic carbocycles. The van der Waals surface area contributed by atoms with E-state index in [-0.39, 0.29) is 5.91 Å². The first kappa shape index (κ1) is 15.2. The van der Waals surface area contributed by atoms with E-state index in [2.05, 4.69) is 15.4 Å². The van der Waals surface area contributed by atoms with E-state index in [4.69, 9.17) is 11.6 Å². The third-order valence-corrected chi connectivity index (χ3v) is 3.65. The zero-order valence-corrected chi connectivity index (χ0v) is 13.1. The van der Waals surface area contributed by atoms with Gasteiger partial charge in [-0.05, 0) is 35.4 Å². The van der Waals surface area contributed by atoms with Crippen molar-refractivity contribution in [1.82, 2.24) is 20.1 Å². The van der Waals surface area contributed by atoms with Gasteiger partial charge in [0.15, 0.2) is 0 Å². The molecule has 116 valence electrons. The molecule has 0 fully saturated rings. The topological polar surface area (TPSA) is 59.8 Å². The van der Waals surface area contributed by atoms with Gasteiger partial charge in [0, 0.05) is 17.1 Å². The summed E-state index contributed by atoms with van der Waals surface area (Å²) in [6, 6.07) is 14.8. The van der Waals surface area contributed by atoms with Crippen LogP contribution in [0.25, 0.3) is 0 Å². The minimum absolute atomic E-state index is 0.104. The van der Waals surface area contributed by atoms with Gasteiger partial charge in [-0.25, -0.2) is 9.67 Å². The van der Waals surface area contributed by atoms with E-state index in [1.54, 1.807) is 11.0 Å². The third kappa shape index (κ3) is 4.17. The number of rotatable bonds is 5. The van der Waals surface area contributed by atoms with Crippen LogP contribution in [0.15, 0.2) is 61.2 Å². The first-order valence-corrected chi connectivity index (χ1v) is 7.52. The van der Waals surface area contributed by atoms with Gasteiger partial charge in [-0.3, -0.25) is 4.79 Å². The summed E-state index contributed by atoms with van der Waals surface area (Å²) in [5.74, 6) is -0.104. The minimum atomic E-state index is -0.104. The fourth-order valence-electron chi connectivity index (χ4n) is 2.15. The van der Waals surface area contributed by atoms with Crippen molar-refractivity contribution in [3.8, 4) is 0 Å². The summed E-state index contributed by atoms with van der Waals surface area (Å²) in [4.78, 5) is 16.1. The molecule has 2 aromatic carbocycles. The summed E-state index contributed by atoms with van der Waals surface area (Å²) in [6.07, 6.45) is 3.16. The van der Waals surface area contributed by atoms with Gasteiger partial charge in [-0.15, -0.1) is 0 Å². The maximum Gasteiger partial charge on any atom is 0.251 e. The Morgan fingerprint density at radius 2 is 1.74 bits per heavy atom. The van der Waals surface area contributed by atoms with Crippen molar-refractivity contribution in [2.24, 2.45) is 0 Å². The fraction of sp³-hybridized carbons (Fsp3) is 0.118. The van der Waals surface area contributed by atoms with E-state index >= 15 is 0 Å². The van der Waals surface area contributed by atoms with Crippen molar-refractivity contribution in [2.45, 2.75) is 13.1 Å². The fourth-order valence-corrected chi connectivity index (χ4v) is 2.28. The molecule has 23 heavy (non-hydrogen) atoms. The van der Waals surface area contributed by atoms with E-state index in [0.717, 1.165) is 11.1 Å². The van der Waals surface area contributed by atoms with E-state index in [9.17, 15) is 4.79 Å². The third-order valence-electron chi connectivity index (χ3n) is 3.39. The lowest BCUT2D eigenvalue weighted by Crippen LogP contribution is -2.22. The molecule has 1 heterocycles. The van der Waals surface area contributed by atoms with Crippen LogP contribution in [0.3, 0.4) is 0 Å². The number of aromatic nitrogens is 3. The highest BCUT2D eigenvalue weighted by molar-refractivity contribution is 6.30. The zero-order chi connectivity index (χ0) is 16.1. The van der Waals surface area contributed by atoms with Gasteiger partial charge in [0.05, 0.1) is 6.54 Å². The van der Waals surface area contributed by atoms with Gasteiger partial charge in [0.2, 0.25) is 0 Å². The summed E-state index contributed by atoms with van der Waals surface area (Å²) in [5, 5.41) is 7.63. The van der Waals surface area contributed by atoms with Crippen molar-refractivity contribution in [3.05, 3.63) is 82.9 Å². The summed E-state index contributed by atoms with van der Waals surface area (Å²) in [7, 11) is 0. The van der Waals surface area contributed by atoms with E-state index in [1.807, 2.05) is 48.5 Å². The molecular formula is C17H15ClN4O. The first-order valence-electron chi connectivity index (χ1n) is 7.15. The number of nitrogens with one attached hydrogen (secondary N) is 1. The first-order chi connectivity index (χ1) is 11.2. The van der Waals surface area contributed by atoms with E-state index in [1.165, 1.54) is 6.33 Å². The lowest BCUT2D eigenvalue weighted by molar-refractivity contribution is 0.0951. The lowest BCUT2D eigenvalue weighted by Gasteiger charge is -2.07. The molecule has 1 aromatic heterocycles. The Kier molecular flexibility index (Phi) is 4.68. The van der Waals surface area contributed by atoms with Gasteiger partial charge < -0.3 is 5.32 Å². The number of hydrogen-bond donors (Lipinski definition) is 1. The van der Waals surface area contributed by atoms with Crippen LogP contribution in [-0.2, 0) is 13.1 Å². The number of carbonyl (C=O) groups excluding carboxylic acids is 1. The van der Waals surface area contributed by atoms with Crippen LogP contribution in [0.5, 0.6) is 0 Å². The Balaban J connectivity index is 1.58. The molecule has 0 unspecified atom stereocenters. The molecule has 3 aromatic rings. The predicted octanol–water partition coefficient (Wildman–Crippen LogP) is 2.91. The zero-order valence-electron chi connectivity index (χ0n) is 12.3.